The number of hydrogen-bond acceptors (Lipinski definition) is 4. The van der Waals surface area contributed by atoms with Gasteiger partial charge in [0.05, 0.1) is 28.1 Å². The zero-order chi connectivity index (χ0) is 19.3. The molecule has 1 amide bonds. The highest BCUT2D eigenvalue weighted by molar-refractivity contribution is 6.38. The smallest absolute Gasteiger partial charge is 0.251 e. The molecule has 28 heavy (non-hydrogen) atoms. The molecule has 0 saturated carbocycles. The molecule has 0 bridgehead atoms. The van der Waals surface area contributed by atoms with Crippen LogP contribution in [0.25, 0.3) is 16.6 Å². The monoisotopic (exact) mass is 392 g/mol. The molecule has 0 fully saturated rings. The van der Waals surface area contributed by atoms with Crippen molar-refractivity contribution in [3.63, 3.8) is 0 Å². The minimum absolute atomic E-state index is 0.0175. The second kappa shape index (κ2) is 6.38. The summed E-state index contributed by atoms with van der Waals surface area (Å²) in [7, 11) is 0. The number of nitrogens with one attached hydrogen (secondary N) is 3. The van der Waals surface area contributed by atoms with Crippen LogP contribution in [-0.2, 0) is 6.42 Å². The zero-order valence-corrected chi connectivity index (χ0v) is 15.8. The average Bonchev–Trinajstić information content (AvgIpc) is 3.31. The van der Waals surface area contributed by atoms with E-state index in [1.165, 1.54) is 0 Å². The molecule has 2 aromatic heterocycles. The van der Waals surface area contributed by atoms with Crippen molar-refractivity contribution in [3.05, 3.63) is 64.4 Å². The van der Waals surface area contributed by atoms with Crippen LogP contribution in [0.3, 0.4) is 0 Å². The van der Waals surface area contributed by atoms with Gasteiger partial charge in [0, 0.05) is 29.3 Å². The summed E-state index contributed by atoms with van der Waals surface area (Å²) < 4.78 is 1.81. The molecule has 0 unspecified atom stereocenters. The molecule has 0 spiro atoms. The summed E-state index contributed by atoms with van der Waals surface area (Å²) in [4.78, 5) is 11.9. The first kappa shape index (κ1) is 16.8. The van der Waals surface area contributed by atoms with E-state index in [0.29, 0.717) is 11.6 Å². The van der Waals surface area contributed by atoms with Crippen molar-refractivity contribution in [3.8, 4) is 5.69 Å². The highest BCUT2D eigenvalue weighted by Gasteiger charge is 2.18. The lowest BCUT2D eigenvalue weighted by molar-refractivity contribution is 0.0946. The second-order valence-electron chi connectivity index (χ2n) is 6.84. The number of carbonyl (C=O) groups excluding carboxylic acids is 1. The van der Waals surface area contributed by atoms with Gasteiger partial charge in [0.1, 0.15) is 0 Å². The van der Waals surface area contributed by atoms with Gasteiger partial charge in [0.25, 0.3) is 5.91 Å². The number of rotatable bonds is 3. The first-order valence-corrected chi connectivity index (χ1v) is 9.34. The van der Waals surface area contributed by atoms with E-state index >= 15 is 0 Å². The quantitative estimate of drug-likeness (QED) is 0.495. The van der Waals surface area contributed by atoms with Crippen molar-refractivity contribution in [2.75, 3.05) is 11.9 Å². The predicted octanol–water partition coefficient (Wildman–Crippen LogP) is 3.74. The van der Waals surface area contributed by atoms with Gasteiger partial charge in [0.2, 0.25) is 0 Å². The van der Waals surface area contributed by atoms with Crippen molar-refractivity contribution in [2.24, 2.45) is 0 Å². The fourth-order valence-corrected chi connectivity index (χ4v) is 3.74. The Kier molecular flexibility index (Phi) is 3.84. The van der Waals surface area contributed by atoms with E-state index in [1.54, 1.807) is 6.20 Å². The topological polar surface area (TPSA) is 87.6 Å². The zero-order valence-electron chi connectivity index (χ0n) is 15.1. The molecule has 0 saturated heterocycles. The third-order valence-corrected chi connectivity index (χ3v) is 5.39. The maximum absolute atomic E-state index is 11.9. The van der Waals surface area contributed by atoms with Crippen molar-refractivity contribution in [2.45, 2.75) is 13.3 Å². The molecule has 4 aromatic rings. The van der Waals surface area contributed by atoms with Gasteiger partial charge in [-0.2, -0.15) is 5.10 Å². The van der Waals surface area contributed by atoms with Crippen molar-refractivity contribution < 1.29 is 4.79 Å². The summed E-state index contributed by atoms with van der Waals surface area (Å²) in [6.45, 7) is 2.65. The summed E-state index contributed by atoms with van der Waals surface area (Å²) in [5.74, 6) is 0.705. The Labute approximate surface area is 165 Å². The van der Waals surface area contributed by atoms with Crippen LogP contribution in [0.2, 0.25) is 5.02 Å². The van der Waals surface area contributed by atoms with Gasteiger partial charge >= 0.3 is 0 Å². The van der Waals surface area contributed by atoms with Crippen LogP contribution in [-0.4, -0.2) is 32.4 Å². The Balaban J connectivity index is 1.49. The molecule has 0 atom stereocenters. The Morgan fingerprint density at radius 2 is 2.14 bits per heavy atom. The molecule has 2 aromatic carbocycles. The number of aromatic amines is 1. The number of hydrogen-bond donors (Lipinski definition) is 3. The lowest BCUT2D eigenvalue weighted by Crippen LogP contribution is -2.31. The van der Waals surface area contributed by atoms with Gasteiger partial charge in [-0.1, -0.05) is 11.6 Å². The van der Waals surface area contributed by atoms with E-state index in [2.05, 4.69) is 25.9 Å². The number of aromatic nitrogens is 4. The number of carbonyl (C=O) groups is 1. The maximum atomic E-state index is 11.9. The van der Waals surface area contributed by atoms with Crippen LogP contribution >= 0.6 is 11.6 Å². The fraction of sp³-hybridized carbons (Fsp3) is 0.150. The standard InChI is InChI=1S/C20H17ClN6O/c1-11-10-27(13-2-3-14-12(8-13)6-7-22-20(14)28)26-19(11)24-17-5-4-16-15(18(17)21)9-23-25-16/h2-5,8-10H,6-7H2,1H3,(H,22,28)(H,23,25)(H,24,26). The van der Waals surface area contributed by atoms with E-state index in [0.717, 1.165) is 51.2 Å². The Bertz CT molecular complexity index is 1220. The van der Waals surface area contributed by atoms with Gasteiger partial charge in [0.15, 0.2) is 5.82 Å². The molecule has 1 aliphatic rings. The van der Waals surface area contributed by atoms with Gasteiger partial charge in [-0.05, 0) is 49.2 Å². The van der Waals surface area contributed by atoms with E-state index < -0.39 is 0 Å². The number of nitrogens with zero attached hydrogens (tertiary/aromatic N) is 3. The summed E-state index contributed by atoms with van der Waals surface area (Å²) in [5, 5.41) is 19.2. The minimum Gasteiger partial charge on any atom is -0.352 e. The molecule has 7 nitrogen and oxygen atoms in total. The molecule has 8 heteroatoms. The number of fused-ring (bicyclic) bond motifs is 2. The SMILES string of the molecule is Cc1cn(-c2ccc3c(c2)CCNC3=O)nc1Nc1ccc2[nH]ncc2c1Cl. The molecule has 140 valence electrons. The molecule has 0 aliphatic carbocycles. The Hall–Kier alpha value is -3.32. The summed E-state index contributed by atoms with van der Waals surface area (Å²) in [6, 6.07) is 9.61. The number of halogens is 1. The van der Waals surface area contributed by atoms with Crippen LogP contribution < -0.4 is 10.6 Å². The Morgan fingerprint density at radius 3 is 3.04 bits per heavy atom. The van der Waals surface area contributed by atoms with Crippen LogP contribution in [0.5, 0.6) is 0 Å². The number of H-pyrrole nitrogens is 1. The highest BCUT2D eigenvalue weighted by atomic mass is 35.5. The number of anilines is 2. The molecule has 1 aliphatic heterocycles. The Morgan fingerprint density at radius 1 is 1.25 bits per heavy atom. The number of amides is 1. The predicted molar refractivity (Wildman–Crippen MR) is 109 cm³/mol. The van der Waals surface area contributed by atoms with E-state index in [-0.39, 0.29) is 5.91 Å². The second-order valence-corrected chi connectivity index (χ2v) is 7.21. The molecule has 3 N–H and O–H groups in total. The third-order valence-electron chi connectivity index (χ3n) is 4.99. The first-order valence-electron chi connectivity index (χ1n) is 8.96. The van der Waals surface area contributed by atoms with Crippen molar-refractivity contribution in [1.29, 1.82) is 0 Å². The van der Waals surface area contributed by atoms with Crippen LogP contribution in [0.4, 0.5) is 11.5 Å². The fourth-order valence-electron chi connectivity index (χ4n) is 3.48. The van der Waals surface area contributed by atoms with Crippen molar-refractivity contribution in [1.82, 2.24) is 25.3 Å². The van der Waals surface area contributed by atoms with E-state index in [9.17, 15) is 4.79 Å². The molecular formula is C20H17ClN6O. The molecule has 5 rings (SSSR count). The molecular weight excluding hydrogens is 376 g/mol. The normalized spacial score (nSPS) is 13.4. The van der Waals surface area contributed by atoms with Gasteiger partial charge < -0.3 is 10.6 Å². The van der Waals surface area contributed by atoms with Gasteiger partial charge in [-0.3, -0.25) is 9.89 Å². The number of aryl methyl sites for hydroxylation is 1. The van der Waals surface area contributed by atoms with Crippen LogP contribution in [0, 0.1) is 6.92 Å². The average molecular weight is 393 g/mol. The lowest BCUT2D eigenvalue weighted by Gasteiger charge is -2.17. The van der Waals surface area contributed by atoms with Crippen molar-refractivity contribution >= 4 is 39.9 Å². The van der Waals surface area contributed by atoms with E-state index in [4.69, 9.17) is 11.6 Å². The summed E-state index contributed by atoms with van der Waals surface area (Å²) >= 11 is 6.51. The molecule has 3 heterocycles. The minimum atomic E-state index is -0.0175. The van der Waals surface area contributed by atoms with E-state index in [1.807, 2.05) is 48.1 Å². The third kappa shape index (κ3) is 2.71. The molecule has 0 radical (unpaired) electrons. The number of benzene rings is 2. The summed E-state index contributed by atoms with van der Waals surface area (Å²) in [5.41, 5.74) is 5.33. The van der Waals surface area contributed by atoms with Crippen LogP contribution in [0.15, 0.2) is 42.7 Å². The largest absolute Gasteiger partial charge is 0.352 e. The van der Waals surface area contributed by atoms with Gasteiger partial charge in [-0.25, -0.2) is 4.68 Å². The first-order chi connectivity index (χ1) is 13.6. The lowest BCUT2D eigenvalue weighted by atomic mass is 10.00. The van der Waals surface area contributed by atoms with Gasteiger partial charge in [-0.15, -0.1) is 5.10 Å². The highest BCUT2D eigenvalue weighted by Crippen LogP contribution is 2.32. The van der Waals surface area contributed by atoms with Crippen LogP contribution in [0.1, 0.15) is 21.5 Å². The summed E-state index contributed by atoms with van der Waals surface area (Å²) in [6.07, 6.45) is 4.48. The maximum Gasteiger partial charge on any atom is 0.251 e.